The maximum atomic E-state index is 13.6. The highest BCUT2D eigenvalue weighted by Gasteiger charge is 2.25. The van der Waals surface area contributed by atoms with Crippen LogP contribution in [0.4, 0.5) is 5.69 Å². The van der Waals surface area contributed by atoms with Gasteiger partial charge in [-0.1, -0.05) is 18.2 Å². The van der Waals surface area contributed by atoms with E-state index >= 15 is 0 Å². The fourth-order valence-corrected chi connectivity index (χ4v) is 5.37. The minimum Gasteiger partial charge on any atom is -0.481 e. The van der Waals surface area contributed by atoms with Crippen LogP contribution in [0.3, 0.4) is 0 Å². The van der Waals surface area contributed by atoms with E-state index in [1.807, 2.05) is 19.1 Å². The van der Waals surface area contributed by atoms with Gasteiger partial charge in [0.1, 0.15) is 0 Å². The Hall–Kier alpha value is -2.86. The van der Waals surface area contributed by atoms with E-state index in [0.29, 0.717) is 18.5 Å². The summed E-state index contributed by atoms with van der Waals surface area (Å²) in [7, 11) is 1.65. The lowest BCUT2D eigenvalue weighted by Gasteiger charge is -2.37. The van der Waals surface area contributed by atoms with Gasteiger partial charge in [-0.3, -0.25) is 4.79 Å². The zero-order chi connectivity index (χ0) is 24.6. The molecule has 188 valence electrons. The monoisotopic (exact) mass is 477 g/mol. The van der Waals surface area contributed by atoms with Crippen LogP contribution in [0.5, 0.6) is 5.88 Å². The van der Waals surface area contributed by atoms with E-state index in [9.17, 15) is 4.79 Å². The first kappa shape index (κ1) is 25.2. The van der Waals surface area contributed by atoms with Gasteiger partial charge in [0.05, 0.1) is 7.11 Å². The molecule has 0 unspecified atom stereocenters. The van der Waals surface area contributed by atoms with E-state index in [2.05, 4.69) is 46.4 Å². The van der Waals surface area contributed by atoms with Crippen LogP contribution in [0.2, 0.25) is 0 Å². The number of nitrogens with one attached hydrogen (secondary N) is 1. The molecule has 0 radical (unpaired) electrons. The summed E-state index contributed by atoms with van der Waals surface area (Å²) in [6, 6.07) is 8.71. The Bertz CT molecular complexity index is 1040. The van der Waals surface area contributed by atoms with E-state index in [-0.39, 0.29) is 5.91 Å². The second-order valence-corrected chi connectivity index (χ2v) is 9.45. The van der Waals surface area contributed by atoms with Gasteiger partial charge in [-0.05, 0) is 88.1 Å². The highest BCUT2D eigenvalue weighted by molar-refractivity contribution is 5.97. The Labute approximate surface area is 209 Å². The number of benzene rings is 1. The SMILES string of the molecule is CCN(c1cccc2c1C/C=C/CCCCc1cc(C)nc(OC)c1CNC2=O)C1CCOCC1. The van der Waals surface area contributed by atoms with E-state index < -0.39 is 0 Å². The number of carbonyl (C=O) groups excluding carboxylic acids is 1. The van der Waals surface area contributed by atoms with Gasteiger partial charge in [0.2, 0.25) is 5.88 Å². The summed E-state index contributed by atoms with van der Waals surface area (Å²) in [5.74, 6) is 0.557. The minimum absolute atomic E-state index is 0.0519. The Kier molecular flexibility index (Phi) is 8.80. The van der Waals surface area contributed by atoms with E-state index in [4.69, 9.17) is 9.47 Å². The fraction of sp³-hybridized carbons (Fsp3) is 0.517. The number of anilines is 1. The van der Waals surface area contributed by atoms with Crippen LogP contribution in [0.15, 0.2) is 36.4 Å². The molecule has 0 atom stereocenters. The lowest BCUT2D eigenvalue weighted by molar-refractivity contribution is 0.0845. The van der Waals surface area contributed by atoms with Crippen LogP contribution in [-0.2, 0) is 24.1 Å². The molecule has 1 saturated heterocycles. The number of ether oxygens (including phenoxy) is 2. The molecule has 2 aliphatic heterocycles. The third kappa shape index (κ3) is 6.04. The van der Waals surface area contributed by atoms with Crippen molar-refractivity contribution in [2.24, 2.45) is 0 Å². The van der Waals surface area contributed by atoms with Gasteiger partial charge < -0.3 is 19.7 Å². The number of hydrogen-bond donors (Lipinski definition) is 1. The lowest BCUT2D eigenvalue weighted by Crippen LogP contribution is -2.40. The molecule has 0 aliphatic carbocycles. The number of carbonyl (C=O) groups is 1. The summed E-state index contributed by atoms with van der Waals surface area (Å²) in [5.41, 5.74) is 6.14. The summed E-state index contributed by atoms with van der Waals surface area (Å²) >= 11 is 0. The number of rotatable bonds is 4. The molecular formula is C29H39N3O3. The van der Waals surface area contributed by atoms with Gasteiger partial charge >= 0.3 is 0 Å². The molecule has 1 aromatic carbocycles. The Morgan fingerprint density at radius 1 is 1.17 bits per heavy atom. The number of nitrogens with zero attached hydrogens (tertiary/aromatic N) is 2. The smallest absolute Gasteiger partial charge is 0.251 e. The standard InChI is InChI=1S/C29H39N3O3/c1-4-32(23-15-17-35-18-16-23)27-14-10-13-25-24(27)12-9-7-5-6-8-11-22-19-21(2)31-29(34-3)26(22)20-30-28(25)33/h7,9-10,13-14,19,23H,4-6,8,11-12,15-18,20H2,1-3H3,(H,30,33)/b9-7+. The van der Waals surface area contributed by atoms with Crippen molar-refractivity contribution in [1.82, 2.24) is 10.3 Å². The van der Waals surface area contributed by atoms with E-state index in [1.54, 1.807) is 7.11 Å². The molecule has 1 aromatic heterocycles. The molecule has 3 heterocycles. The molecule has 1 N–H and O–H groups in total. The molecule has 0 spiro atoms. The average molecular weight is 478 g/mol. The van der Waals surface area contributed by atoms with Gasteiger partial charge in [0.15, 0.2) is 0 Å². The average Bonchev–Trinajstić information content (AvgIpc) is 2.88. The van der Waals surface area contributed by atoms with Crippen molar-refractivity contribution < 1.29 is 14.3 Å². The minimum atomic E-state index is -0.0519. The normalized spacial score (nSPS) is 18.5. The number of pyridine rings is 1. The molecule has 2 aromatic rings. The maximum absolute atomic E-state index is 13.6. The zero-order valence-electron chi connectivity index (χ0n) is 21.4. The van der Waals surface area contributed by atoms with Crippen molar-refractivity contribution in [3.05, 3.63) is 64.4 Å². The van der Waals surface area contributed by atoms with Crippen LogP contribution in [0, 0.1) is 6.92 Å². The first-order chi connectivity index (χ1) is 17.1. The van der Waals surface area contributed by atoms with Gasteiger partial charge in [-0.2, -0.15) is 0 Å². The predicted molar refractivity (Wildman–Crippen MR) is 140 cm³/mol. The van der Waals surface area contributed by atoms with Crippen molar-refractivity contribution in [3.63, 3.8) is 0 Å². The van der Waals surface area contributed by atoms with Gasteiger partial charge in [0.25, 0.3) is 5.91 Å². The number of fused-ring (bicyclic) bond motifs is 2. The molecule has 6 nitrogen and oxygen atoms in total. The quantitative estimate of drug-likeness (QED) is 0.617. The van der Waals surface area contributed by atoms with Gasteiger partial charge in [-0.15, -0.1) is 0 Å². The van der Waals surface area contributed by atoms with Crippen molar-refractivity contribution in [2.45, 2.75) is 71.4 Å². The molecular weight excluding hydrogens is 438 g/mol. The highest BCUT2D eigenvalue weighted by atomic mass is 16.5. The second kappa shape index (κ2) is 12.2. The number of hydrogen-bond acceptors (Lipinski definition) is 5. The highest BCUT2D eigenvalue weighted by Crippen LogP contribution is 2.30. The van der Waals surface area contributed by atoms with Crippen LogP contribution < -0.4 is 15.0 Å². The van der Waals surface area contributed by atoms with Crippen molar-refractivity contribution in [3.8, 4) is 5.88 Å². The van der Waals surface area contributed by atoms with Crippen molar-refractivity contribution in [2.75, 3.05) is 31.8 Å². The first-order valence-electron chi connectivity index (χ1n) is 13.0. The largest absolute Gasteiger partial charge is 0.481 e. The summed E-state index contributed by atoms with van der Waals surface area (Å²) in [6.07, 6.45) is 11.5. The molecule has 1 amide bonds. The number of aromatic nitrogens is 1. The second-order valence-electron chi connectivity index (χ2n) is 9.45. The third-order valence-corrected chi connectivity index (χ3v) is 7.16. The Morgan fingerprint density at radius 2 is 2.00 bits per heavy atom. The Morgan fingerprint density at radius 3 is 2.77 bits per heavy atom. The molecule has 1 fully saturated rings. The zero-order valence-corrected chi connectivity index (χ0v) is 21.4. The summed E-state index contributed by atoms with van der Waals surface area (Å²) in [5, 5.41) is 3.19. The summed E-state index contributed by atoms with van der Waals surface area (Å²) < 4.78 is 11.2. The number of aryl methyl sites for hydroxylation is 2. The van der Waals surface area contributed by atoms with Gasteiger partial charge in [-0.25, -0.2) is 4.98 Å². The van der Waals surface area contributed by atoms with E-state index in [1.165, 1.54) is 11.3 Å². The fourth-order valence-electron chi connectivity index (χ4n) is 5.37. The van der Waals surface area contributed by atoms with E-state index in [0.717, 1.165) is 87.1 Å². The molecule has 35 heavy (non-hydrogen) atoms. The third-order valence-electron chi connectivity index (χ3n) is 7.16. The molecule has 2 aliphatic rings. The molecule has 0 saturated carbocycles. The van der Waals surface area contributed by atoms with Gasteiger partial charge in [0, 0.05) is 54.9 Å². The first-order valence-corrected chi connectivity index (χ1v) is 13.0. The molecule has 6 heteroatoms. The number of allylic oxidation sites excluding steroid dienone is 2. The van der Waals surface area contributed by atoms with Crippen LogP contribution in [-0.4, -0.2) is 43.8 Å². The predicted octanol–water partition coefficient (Wildman–Crippen LogP) is 5.16. The topological polar surface area (TPSA) is 63.7 Å². The van der Waals surface area contributed by atoms with Crippen LogP contribution in [0.1, 0.15) is 71.8 Å². The molecule has 0 bridgehead atoms. The number of amides is 1. The summed E-state index contributed by atoms with van der Waals surface area (Å²) in [6.45, 7) is 7.09. The van der Waals surface area contributed by atoms with Crippen LogP contribution >= 0.6 is 0 Å². The molecule has 4 rings (SSSR count). The lowest BCUT2D eigenvalue weighted by atomic mass is 9.96. The van der Waals surface area contributed by atoms with Crippen molar-refractivity contribution in [1.29, 1.82) is 0 Å². The van der Waals surface area contributed by atoms with Crippen LogP contribution in [0.25, 0.3) is 0 Å². The number of methoxy groups -OCH3 is 1. The maximum Gasteiger partial charge on any atom is 0.251 e. The summed E-state index contributed by atoms with van der Waals surface area (Å²) in [4.78, 5) is 20.6. The Balaban J connectivity index is 1.70. The van der Waals surface area contributed by atoms with Crippen molar-refractivity contribution >= 4 is 11.6 Å².